The van der Waals surface area contributed by atoms with Crippen molar-refractivity contribution in [3.05, 3.63) is 29.8 Å². The van der Waals surface area contributed by atoms with Crippen molar-refractivity contribution in [1.29, 1.82) is 0 Å². The molecule has 0 bridgehead atoms. The van der Waals surface area contributed by atoms with Crippen LogP contribution in [0.25, 0.3) is 11.0 Å². The third-order valence-electron chi connectivity index (χ3n) is 5.11. The minimum atomic E-state index is -0.247. The number of piperidine rings is 1. The van der Waals surface area contributed by atoms with E-state index in [0.29, 0.717) is 11.8 Å². The first-order chi connectivity index (χ1) is 10.7. The number of benzene rings is 1. The Bertz CT molecular complexity index is 699. The highest BCUT2D eigenvalue weighted by molar-refractivity contribution is 5.79. The number of nitrogens with zero attached hydrogens (tertiary/aromatic N) is 2. The number of hydrogen-bond donors (Lipinski definition) is 1. The molecule has 5 heteroatoms. The van der Waals surface area contributed by atoms with E-state index in [1.54, 1.807) is 6.07 Å². The number of amides is 1. The molecule has 4 nitrogen and oxygen atoms in total. The number of imidazole rings is 1. The maximum atomic E-state index is 13.3. The molecule has 2 heterocycles. The Hall–Kier alpha value is -1.91. The average Bonchev–Trinajstić information content (AvgIpc) is 2.88. The van der Waals surface area contributed by atoms with Crippen molar-refractivity contribution >= 4 is 16.9 Å². The smallest absolute Gasteiger partial charge is 0.225 e. The summed E-state index contributed by atoms with van der Waals surface area (Å²) in [4.78, 5) is 22.1. The molecule has 1 saturated carbocycles. The van der Waals surface area contributed by atoms with Crippen LogP contribution in [0, 0.1) is 11.7 Å². The summed E-state index contributed by atoms with van der Waals surface area (Å²) in [7, 11) is 0. The summed E-state index contributed by atoms with van der Waals surface area (Å²) in [5.74, 6) is 1.64. The minimum absolute atomic E-state index is 0.247. The number of halogens is 1. The Morgan fingerprint density at radius 1 is 1.23 bits per heavy atom. The number of rotatable bonds is 2. The fraction of sp³-hybridized carbons (Fsp3) is 0.529. The van der Waals surface area contributed by atoms with Crippen molar-refractivity contribution in [1.82, 2.24) is 14.9 Å². The van der Waals surface area contributed by atoms with Gasteiger partial charge in [-0.1, -0.05) is 6.42 Å². The lowest BCUT2D eigenvalue weighted by molar-refractivity contribution is -0.139. The van der Waals surface area contributed by atoms with Crippen LogP contribution >= 0.6 is 0 Å². The SMILES string of the molecule is O=C(C1CCC1)N1CCC(c2nc3ccc(F)cc3[nH]2)CC1. The summed E-state index contributed by atoms with van der Waals surface area (Å²) in [5, 5.41) is 0. The highest BCUT2D eigenvalue weighted by Gasteiger charge is 2.32. The molecule has 2 aromatic rings. The normalized spacial score (nSPS) is 20.3. The van der Waals surface area contributed by atoms with Gasteiger partial charge in [0.15, 0.2) is 0 Å². The van der Waals surface area contributed by atoms with Crippen molar-refractivity contribution in [2.24, 2.45) is 5.92 Å². The molecule has 1 N–H and O–H groups in total. The van der Waals surface area contributed by atoms with Gasteiger partial charge < -0.3 is 9.88 Å². The lowest BCUT2D eigenvalue weighted by atomic mass is 9.83. The minimum Gasteiger partial charge on any atom is -0.342 e. The highest BCUT2D eigenvalue weighted by Crippen LogP contribution is 2.32. The Balaban J connectivity index is 1.44. The topological polar surface area (TPSA) is 49.0 Å². The van der Waals surface area contributed by atoms with Crippen LogP contribution in [0.1, 0.15) is 43.8 Å². The van der Waals surface area contributed by atoms with Crippen LogP contribution in [-0.4, -0.2) is 33.9 Å². The number of hydrogen-bond acceptors (Lipinski definition) is 2. The quantitative estimate of drug-likeness (QED) is 0.926. The molecule has 1 aliphatic heterocycles. The number of carbonyl (C=O) groups is 1. The molecular formula is C17H20FN3O. The van der Waals surface area contributed by atoms with Crippen molar-refractivity contribution < 1.29 is 9.18 Å². The first-order valence-electron chi connectivity index (χ1n) is 8.14. The molecule has 116 valence electrons. The van der Waals surface area contributed by atoms with E-state index in [0.717, 1.165) is 55.6 Å². The van der Waals surface area contributed by atoms with Crippen molar-refractivity contribution in [3.8, 4) is 0 Å². The molecule has 2 fully saturated rings. The van der Waals surface area contributed by atoms with Crippen LogP contribution in [0.3, 0.4) is 0 Å². The molecule has 1 aromatic carbocycles. The predicted octanol–water partition coefficient (Wildman–Crippen LogP) is 3.21. The Labute approximate surface area is 128 Å². The number of H-pyrrole nitrogens is 1. The summed E-state index contributed by atoms with van der Waals surface area (Å²) in [6.07, 6.45) is 5.19. The summed E-state index contributed by atoms with van der Waals surface area (Å²) < 4.78 is 13.3. The number of nitrogens with one attached hydrogen (secondary N) is 1. The molecule has 1 saturated heterocycles. The fourth-order valence-corrected chi connectivity index (χ4v) is 3.48. The maximum Gasteiger partial charge on any atom is 0.225 e. The number of likely N-dealkylation sites (tertiary alicyclic amines) is 1. The van der Waals surface area contributed by atoms with E-state index in [2.05, 4.69) is 9.97 Å². The van der Waals surface area contributed by atoms with Gasteiger partial charge in [-0.3, -0.25) is 4.79 Å². The van der Waals surface area contributed by atoms with E-state index in [9.17, 15) is 9.18 Å². The fourth-order valence-electron chi connectivity index (χ4n) is 3.48. The van der Waals surface area contributed by atoms with Crippen LogP contribution in [0.4, 0.5) is 4.39 Å². The van der Waals surface area contributed by atoms with Crippen molar-refractivity contribution in [3.63, 3.8) is 0 Å². The molecule has 0 atom stereocenters. The van der Waals surface area contributed by atoms with Gasteiger partial charge in [0.25, 0.3) is 0 Å². The molecule has 0 unspecified atom stereocenters. The molecule has 1 aliphatic carbocycles. The van der Waals surface area contributed by atoms with Crippen molar-refractivity contribution in [2.45, 2.75) is 38.0 Å². The highest BCUT2D eigenvalue weighted by atomic mass is 19.1. The van der Waals surface area contributed by atoms with Gasteiger partial charge in [-0.15, -0.1) is 0 Å². The predicted molar refractivity (Wildman–Crippen MR) is 81.9 cm³/mol. The van der Waals surface area contributed by atoms with Gasteiger partial charge in [0.1, 0.15) is 11.6 Å². The summed E-state index contributed by atoms with van der Waals surface area (Å²) in [6.45, 7) is 1.62. The molecule has 0 radical (unpaired) electrons. The average molecular weight is 301 g/mol. The van der Waals surface area contributed by atoms with Crippen LogP contribution in [0.5, 0.6) is 0 Å². The Kier molecular flexibility index (Phi) is 3.36. The third-order valence-corrected chi connectivity index (χ3v) is 5.11. The van der Waals surface area contributed by atoms with Crippen molar-refractivity contribution in [2.75, 3.05) is 13.1 Å². The second-order valence-corrected chi connectivity index (χ2v) is 6.51. The molecule has 0 spiro atoms. The number of fused-ring (bicyclic) bond motifs is 1. The largest absolute Gasteiger partial charge is 0.342 e. The summed E-state index contributed by atoms with van der Waals surface area (Å²) in [5.41, 5.74) is 1.56. The zero-order valence-electron chi connectivity index (χ0n) is 12.5. The van der Waals surface area contributed by atoms with Gasteiger partial charge in [0.2, 0.25) is 5.91 Å². The summed E-state index contributed by atoms with van der Waals surface area (Å²) >= 11 is 0. The first-order valence-corrected chi connectivity index (χ1v) is 8.14. The van der Waals surface area contributed by atoms with Gasteiger partial charge in [-0.25, -0.2) is 9.37 Å². The van der Waals surface area contributed by atoms with Crippen LogP contribution < -0.4 is 0 Å². The van der Waals surface area contributed by atoms with E-state index in [-0.39, 0.29) is 11.7 Å². The zero-order chi connectivity index (χ0) is 15.1. The second kappa shape index (κ2) is 5.38. The Morgan fingerprint density at radius 3 is 2.68 bits per heavy atom. The van der Waals surface area contributed by atoms with Crippen LogP contribution in [0.15, 0.2) is 18.2 Å². The molecule has 1 amide bonds. The first kappa shape index (κ1) is 13.7. The van der Waals surface area contributed by atoms with Gasteiger partial charge >= 0.3 is 0 Å². The maximum absolute atomic E-state index is 13.3. The number of aromatic amines is 1. The standard InChI is InChI=1S/C17H20FN3O/c18-13-4-5-14-15(10-13)20-16(19-14)11-6-8-21(9-7-11)17(22)12-2-1-3-12/h4-5,10-12H,1-3,6-9H2,(H,19,20). The van der Waals surface area contributed by atoms with Gasteiger partial charge in [-0.05, 0) is 43.9 Å². The monoisotopic (exact) mass is 301 g/mol. The lowest BCUT2D eigenvalue weighted by Crippen LogP contribution is -2.43. The second-order valence-electron chi connectivity index (χ2n) is 6.51. The molecule has 1 aromatic heterocycles. The van der Waals surface area contributed by atoms with Crippen LogP contribution in [0.2, 0.25) is 0 Å². The van der Waals surface area contributed by atoms with E-state index in [4.69, 9.17) is 0 Å². The van der Waals surface area contributed by atoms with E-state index in [1.807, 2.05) is 4.90 Å². The van der Waals surface area contributed by atoms with Gasteiger partial charge in [-0.2, -0.15) is 0 Å². The van der Waals surface area contributed by atoms with E-state index in [1.165, 1.54) is 18.6 Å². The summed E-state index contributed by atoms with van der Waals surface area (Å²) in [6, 6.07) is 4.63. The molecular weight excluding hydrogens is 281 g/mol. The number of aromatic nitrogens is 2. The lowest BCUT2D eigenvalue weighted by Gasteiger charge is -2.36. The number of carbonyl (C=O) groups excluding carboxylic acids is 1. The molecule has 4 rings (SSSR count). The molecule has 22 heavy (non-hydrogen) atoms. The van der Waals surface area contributed by atoms with E-state index >= 15 is 0 Å². The van der Waals surface area contributed by atoms with Crippen LogP contribution in [-0.2, 0) is 4.79 Å². The van der Waals surface area contributed by atoms with Gasteiger partial charge in [0.05, 0.1) is 11.0 Å². The molecule has 2 aliphatic rings. The zero-order valence-corrected chi connectivity index (χ0v) is 12.5. The third kappa shape index (κ3) is 2.38. The Morgan fingerprint density at radius 2 is 2.00 bits per heavy atom. The van der Waals surface area contributed by atoms with Gasteiger partial charge in [0, 0.05) is 24.9 Å². The van der Waals surface area contributed by atoms with E-state index < -0.39 is 0 Å².